The highest BCUT2D eigenvalue weighted by Crippen LogP contribution is 2.62. The molecule has 3 aliphatic heterocycles. The van der Waals surface area contributed by atoms with Gasteiger partial charge in [0.25, 0.3) is 0 Å². The number of hydrogen-bond acceptors (Lipinski definition) is 6. The molecule has 3 heterocycles. The first kappa shape index (κ1) is 26.6. The molecule has 1 fully saturated rings. The monoisotopic (exact) mass is 574 g/mol. The highest BCUT2D eigenvalue weighted by Gasteiger charge is 2.70. The highest BCUT2D eigenvalue weighted by atomic mass is 19.1. The molecule has 1 N–H and O–H groups in total. The van der Waals surface area contributed by atoms with Gasteiger partial charge in [-0.3, -0.25) is 14.4 Å². The van der Waals surface area contributed by atoms with Gasteiger partial charge in [0.2, 0.25) is 5.91 Å². The second-order valence-corrected chi connectivity index (χ2v) is 10.9. The molecular weight excluding hydrogens is 547 g/mol. The average Bonchev–Trinajstić information content (AvgIpc) is 3.52. The first-order valence-electron chi connectivity index (χ1n) is 13.9. The highest BCUT2D eigenvalue weighted by molar-refractivity contribution is 6.16. The summed E-state index contributed by atoms with van der Waals surface area (Å²) in [5, 5.41) is 3.03. The number of ketones is 2. The van der Waals surface area contributed by atoms with Crippen LogP contribution in [0.5, 0.6) is 11.5 Å². The summed E-state index contributed by atoms with van der Waals surface area (Å²) in [4.78, 5) is 45.8. The smallest absolute Gasteiger partial charge is 0.238 e. The molecule has 4 aromatic carbocycles. The van der Waals surface area contributed by atoms with Crippen LogP contribution >= 0.6 is 0 Å². The molecule has 0 aliphatic carbocycles. The van der Waals surface area contributed by atoms with Crippen molar-refractivity contribution in [2.24, 2.45) is 5.92 Å². The van der Waals surface area contributed by atoms with Crippen LogP contribution in [0.4, 0.5) is 10.1 Å². The summed E-state index contributed by atoms with van der Waals surface area (Å²) in [6.07, 6.45) is 3.70. The van der Waals surface area contributed by atoms with Gasteiger partial charge in [-0.15, -0.1) is 0 Å². The Balaban J connectivity index is 1.52. The second kappa shape index (κ2) is 9.94. The normalized spacial score (nSPS) is 22.9. The van der Waals surface area contributed by atoms with Crippen LogP contribution in [0.2, 0.25) is 0 Å². The molecule has 1 saturated heterocycles. The van der Waals surface area contributed by atoms with Gasteiger partial charge in [-0.05, 0) is 71.3 Å². The molecule has 1 spiro atoms. The SMILES string of the molecule is COc1ccc(C(=O)[C@@H]2[C@H](C(=O)c3ccc(F)cc3)N3C=Cc4ccccc4[C@H]3[C@]23C(=O)Nc2ccccc23)cc1OC. The third-order valence-corrected chi connectivity index (χ3v) is 8.92. The van der Waals surface area contributed by atoms with Crippen molar-refractivity contribution in [1.29, 1.82) is 0 Å². The van der Waals surface area contributed by atoms with Crippen LogP contribution in [0.1, 0.15) is 43.4 Å². The van der Waals surface area contributed by atoms with Crippen LogP contribution in [0.25, 0.3) is 6.08 Å². The number of hydrogen-bond donors (Lipinski definition) is 1. The number of carbonyl (C=O) groups excluding carboxylic acids is 3. The van der Waals surface area contributed by atoms with Crippen molar-refractivity contribution >= 4 is 29.2 Å². The molecule has 0 unspecified atom stereocenters. The van der Waals surface area contributed by atoms with Gasteiger partial charge in [0.05, 0.1) is 26.2 Å². The molecule has 4 atom stereocenters. The Morgan fingerprint density at radius 1 is 0.837 bits per heavy atom. The van der Waals surface area contributed by atoms with Gasteiger partial charge in [0.15, 0.2) is 23.1 Å². The van der Waals surface area contributed by atoms with Crippen molar-refractivity contribution in [3.63, 3.8) is 0 Å². The van der Waals surface area contributed by atoms with E-state index in [2.05, 4.69) is 5.32 Å². The number of benzene rings is 4. The number of methoxy groups -OCH3 is 2. The number of carbonyl (C=O) groups is 3. The molecule has 43 heavy (non-hydrogen) atoms. The maximum Gasteiger partial charge on any atom is 0.238 e. The summed E-state index contributed by atoms with van der Waals surface area (Å²) in [7, 11) is 2.98. The quantitative estimate of drug-likeness (QED) is 0.292. The van der Waals surface area contributed by atoms with Crippen molar-refractivity contribution in [3.05, 3.63) is 131 Å². The lowest BCUT2D eigenvalue weighted by Gasteiger charge is -2.38. The lowest BCUT2D eigenvalue weighted by Crippen LogP contribution is -2.49. The fraction of sp³-hybridized carbons (Fsp3) is 0.171. The molecule has 0 bridgehead atoms. The third kappa shape index (κ3) is 3.75. The standard InChI is InChI=1S/C35H27FN2O5/c1-42-27-16-13-22(19-28(27)43-2)31(39)29-30(32(40)21-11-14-23(36)15-12-21)38-18-17-20-7-3-4-8-24(20)33(38)35(29)25-9-5-6-10-26(25)37-34(35)41/h3-19,29-30,33H,1-2H3,(H,37,41)/t29-,30+,33-,35+/m0/s1. The van der Waals surface area contributed by atoms with Crippen molar-refractivity contribution in [2.75, 3.05) is 19.5 Å². The van der Waals surface area contributed by atoms with Crippen LogP contribution in [0, 0.1) is 11.7 Å². The zero-order chi connectivity index (χ0) is 29.9. The van der Waals surface area contributed by atoms with E-state index in [1.54, 1.807) is 24.4 Å². The predicted octanol–water partition coefficient (Wildman–Crippen LogP) is 5.82. The molecule has 3 aliphatic rings. The minimum Gasteiger partial charge on any atom is -0.493 e. The summed E-state index contributed by atoms with van der Waals surface area (Å²) in [5.74, 6) is -1.99. The zero-order valence-corrected chi connectivity index (χ0v) is 23.4. The molecule has 214 valence electrons. The summed E-state index contributed by atoms with van der Waals surface area (Å²) in [5.41, 5.74) is 2.01. The largest absolute Gasteiger partial charge is 0.493 e. The number of Topliss-reactive ketones (excluding diaryl/α,β-unsaturated/α-hetero) is 2. The van der Waals surface area contributed by atoms with Gasteiger partial charge < -0.3 is 19.7 Å². The van der Waals surface area contributed by atoms with Crippen LogP contribution < -0.4 is 14.8 Å². The van der Waals surface area contributed by atoms with Gasteiger partial charge in [-0.25, -0.2) is 4.39 Å². The Morgan fingerprint density at radius 3 is 2.30 bits per heavy atom. The van der Waals surface area contributed by atoms with E-state index >= 15 is 0 Å². The Kier molecular flexibility index (Phi) is 6.16. The summed E-state index contributed by atoms with van der Waals surface area (Å²) in [6.45, 7) is 0. The van der Waals surface area contributed by atoms with Crippen LogP contribution in [-0.2, 0) is 10.2 Å². The van der Waals surface area contributed by atoms with E-state index in [-0.39, 0.29) is 22.8 Å². The first-order chi connectivity index (χ1) is 20.9. The molecule has 8 heteroatoms. The van der Waals surface area contributed by atoms with Crippen LogP contribution in [0.15, 0.2) is 97.2 Å². The van der Waals surface area contributed by atoms with E-state index in [9.17, 15) is 18.8 Å². The van der Waals surface area contributed by atoms with Gasteiger partial charge in [-0.1, -0.05) is 42.5 Å². The Hall–Kier alpha value is -5.24. The molecule has 7 nitrogen and oxygen atoms in total. The van der Waals surface area contributed by atoms with E-state index in [4.69, 9.17) is 9.47 Å². The van der Waals surface area contributed by atoms with Crippen molar-refractivity contribution in [2.45, 2.75) is 17.5 Å². The zero-order valence-electron chi connectivity index (χ0n) is 23.4. The first-order valence-corrected chi connectivity index (χ1v) is 13.9. The Bertz CT molecular complexity index is 1830. The molecule has 0 aromatic heterocycles. The predicted molar refractivity (Wildman–Crippen MR) is 159 cm³/mol. The van der Waals surface area contributed by atoms with Gasteiger partial charge in [-0.2, -0.15) is 0 Å². The summed E-state index contributed by atoms with van der Waals surface area (Å²) < 4.78 is 24.8. The number of anilines is 1. The van der Waals surface area contributed by atoms with Gasteiger partial charge >= 0.3 is 0 Å². The molecular formula is C35H27FN2O5. The molecule has 1 amide bonds. The van der Waals surface area contributed by atoms with E-state index in [0.29, 0.717) is 22.7 Å². The Labute approximate surface area is 247 Å². The van der Waals surface area contributed by atoms with Crippen molar-refractivity contribution in [1.82, 2.24) is 4.90 Å². The number of nitrogens with one attached hydrogen (secondary N) is 1. The second-order valence-electron chi connectivity index (χ2n) is 10.9. The fourth-order valence-electron chi connectivity index (χ4n) is 7.12. The molecule has 0 saturated carbocycles. The van der Waals surface area contributed by atoms with E-state index in [0.717, 1.165) is 11.1 Å². The number of rotatable bonds is 6. The number of amides is 1. The van der Waals surface area contributed by atoms with Crippen LogP contribution in [0.3, 0.4) is 0 Å². The topological polar surface area (TPSA) is 84.9 Å². The minimum absolute atomic E-state index is 0.242. The molecule has 0 radical (unpaired) electrons. The third-order valence-electron chi connectivity index (χ3n) is 8.92. The number of ether oxygens (including phenoxy) is 2. The number of halogens is 1. The lowest BCUT2D eigenvalue weighted by molar-refractivity contribution is -0.122. The van der Waals surface area contributed by atoms with Crippen molar-refractivity contribution in [3.8, 4) is 11.5 Å². The number of para-hydroxylation sites is 1. The summed E-state index contributed by atoms with van der Waals surface area (Å²) in [6, 6.07) is 23.4. The van der Waals surface area contributed by atoms with Gasteiger partial charge in [0, 0.05) is 23.0 Å². The summed E-state index contributed by atoms with van der Waals surface area (Å²) >= 11 is 0. The molecule has 4 aromatic rings. The minimum atomic E-state index is -1.47. The van der Waals surface area contributed by atoms with E-state index in [1.807, 2.05) is 59.5 Å². The van der Waals surface area contributed by atoms with Crippen molar-refractivity contribution < 1.29 is 28.2 Å². The lowest BCUT2D eigenvalue weighted by atomic mass is 9.62. The maximum absolute atomic E-state index is 14.9. The average molecular weight is 575 g/mol. The van der Waals surface area contributed by atoms with E-state index in [1.165, 1.54) is 38.5 Å². The Morgan fingerprint density at radius 2 is 1.53 bits per heavy atom. The fourth-order valence-corrected chi connectivity index (χ4v) is 7.12. The number of nitrogens with zero attached hydrogens (tertiary/aromatic N) is 1. The van der Waals surface area contributed by atoms with E-state index < -0.39 is 35.0 Å². The maximum atomic E-state index is 14.9. The molecule has 7 rings (SSSR count). The van der Waals surface area contributed by atoms with Crippen LogP contribution in [-0.4, -0.2) is 42.6 Å². The van der Waals surface area contributed by atoms with Gasteiger partial charge in [0.1, 0.15) is 17.3 Å². The number of fused-ring (bicyclic) bond motifs is 6.